The number of hydrogen-bond acceptors (Lipinski definition) is 2. The Balaban J connectivity index is 2.15. The van der Waals surface area contributed by atoms with Gasteiger partial charge in [-0.15, -0.1) is 0 Å². The van der Waals surface area contributed by atoms with Crippen molar-refractivity contribution < 1.29 is 4.39 Å². The molecule has 0 spiro atoms. The predicted molar refractivity (Wildman–Crippen MR) is 58.9 cm³/mol. The highest BCUT2D eigenvalue weighted by Crippen LogP contribution is 2.17. The lowest BCUT2D eigenvalue weighted by molar-refractivity contribution is 0.622. The van der Waals surface area contributed by atoms with Crippen LogP contribution in [0.3, 0.4) is 0 Å². The molecule has 4 heteroatoms. The third kappa shape index (κ3) is 2.67. The Kier molecular flexibility index (Phi) is 2.83. The van der Waals surface area contributed by atoms with Gasteiger partial charge in [-0.1, -0.05) is 11.6 Å². The summed E-state index contributed by atoms with van der Waals surface area (Å²) in [6.07, 6.45) is 1.16. The van der Waals surface area contributed by atoms with Gasteiger partial charge in [0.25, 0.3) is 0 Å². The lowest BCUT2D eigenvalue weighted by atomic mass is 10.3. The van der Waals surface area contributed by atoms with Crippen molar-refractivity contribution in [3.63, 3.8) is 0 Å². The van der Waals surface area contributed by atoms with Crippen molar-refractivity contribution in [2.75, 3.05) is 5.32 Å². The number of halogens is 2. The van der Waals surface area contributed by atoms with Crippen LogP contribution < -0.4 is 5.32 Å². The van der Waals surface area contributed by atoms with E-state index in [1.54, 1.807) is 18.2 Å². The van der Waals surface area contributed by atoms with E-state index in [9.17, 15) is 4.39 Å². The first-order valence-corrected chi connectivity index (χ1v) is 4.76. The molecule has 0 aliphatic carbocycles. The van der Waals surface area contributed by atoms with Crippen LogP contribution in [-0.4, -0.2) is 4.98 Å². The molecule has 1 aromatic heterocycles. The number of hydrogen-bond donors (Lipinski definition) is 1. The molecule has 15 heavy (non-hydrogen) atoms. The third-order valence-corrected chi connectivity index (χ3v) is 2.10. The molecule has 0 atom stereocenters. The second-order valence-corrected chi connectivity index (χ2v) is 3.43. The van der Waals surface area contributed by atoms with Crippen LogP contribution in [0.4, 0.5) is 15.9 Å². The summed E-state index contributed by atoms with van der Waals surface area (Å²) < 4.78 is 12.6. The van der Waals surface area contributed by atoms with E-state index < -0.39 is 0 Å². The normalized spacial score (nSPS) is 10.0. The van der Waals surface area contributed by atoms with Crippen LogP contribution in [0.15, 0.2) is 42.6 Å². The number of nitrogens with one attached hydrogen (secondary N) is 1. The Morgan fingerprint density at radius 2 is 1.80 bits per heavy atom. The molecule has 1 N–H and O–H groups in total. The number of aromatic nitrogens is 1. The van der Waals surface area contributed by atoms with Crippen LogP contribution >= 0.6 is 11.6 Å². The van der Waals surface area contributed by atoms with E-state index in [2.05, 4.69) is 10.3 Å². The van der Waals surface area contributed by atoms with Gasteiger partial charge in [0, 0.05) is 10.7 Å². The average molecular weight is 223 g/mol. The second kappa shape index (κ2) is 4.28. The molecule has 0 bridgehead atoms. The fourth-order valence-electron chi connectivity index (χ4n) is 1.13. The summed E-state index contributed by atoms with van der Waals surface area (Å²) in [5.41, 5.74) is 0.860. The summed E-state index contributed by atoms with van der Waals surface area (Å²) in [7, 11) is 0. The molecule has 0 saturated carbocycles. The van der Waals surface area contributed by atoms with Gasteiger partial charge in [0.1, 0.15) is 11.6 Å². The van der Waals surface area contributed by atoms with Crippen molar-refractivity contribution in [1.82, 2.24) is 4.98 Å². The molecule has 0 unspecified atom stereocenters. The lowest BCUT2D eigenvalue weighted by Crippen LogP contribution is -1.92. The molecule has 0 amide bonds. The van der Waals surface area contributed by atoms with Gasteiger partial charge in [-0.05, 0) is 36.4 Å². The van der Waals surface area contributed by atoms with Crippen molar-refractivity contribution in [3.8, 4) is 0 Å². The molecule has 0 aliphatic rings. The maximum Gasteiger partial charge on any atom is 0.141 e. The van der Waals surface area contributed by atoms with Crippen molar-refractivity contribution in [2.24, 2.45) is 0 Å². The van der Waals surface area contributed by atoms with Gasteiger partial charge in [-0.25, -0.2) is 9.37 Å². The van der Waals surface area contributed by atoms with Gasteiger partial charge in [0.05, 0.1) is 6.20 Å². The molecular weight excluding hydrogens is 215 g/mol. The molecule has 1 heterocycles. The SMILES string of the molecule is Fc1ccc(Nc2ccc(Cl)cc2)nc1. The van der Waals surface area contributed by atoms with Gasteiger partial charge in [-0.2, -0.15) is 0 Å². The molecule has 76 valence electrons. The van der Waals surface area contributed by atoms with Crippen LogP contribution in [0.25, 0.3) is 0 Å². The summed E-state index contributed by atoms with van der Waals surface area (Å²) in [5.74, 6) is 0.246. The third-order valence-electron chi connectivity index (χ3n) is 1.84. The molecule has 2 nitrogen and oxygen atoms in total. The molecule has 2 rings (SSSR count). The quantitative estimate of drug-likeness (QED) is 0.840. The standard InChI is InChI=1S/C11H8ClFN2/c12-8-1-4-10(5-2-8)15-11-6-3-9(13)7-14-11/h1-7H,(H,14,15). The number of pyridine rings is 1. The minimum absolute atomic E-state index is 0.350. The zero-order valence-corrected chi connectivity index (χ0v) is 8.50. The molecule has 0 radical (unpaired) electrons. The fourth-order valence-corrected chi connectivity index (χ4v) is 1.26. The Hall–Kier alpha value is -1.61. The van der Waals surface area contributed by atoms with Crippen LogP contribution in [0.1, 0.15) is 0 Å². The van der Waals surface area contributed by atoms with E-state index >= 15 is 0 Å². The Morgan fingerprint density at radius 3 is 2.40 bits per heavy atom. The highest BCUT2D eigenvalue weighted by atomic mass is 35.5. The summed E-state index contributed by atoms with van der Waals surface area (Å²) in [5, 5.41) is 3.70. The second-order valence-electron chi connectivity index (χ2n) is 2.99. The van der Waals surface area contributed by atoms with E-state index in [0.29, 0.717) is 10.8 Å². The van der Waals surface area contributed by atoms with Crippen LogP contribution in [-0.2, 0) is 0 Å². The van der Waals surface area contributed by atoms with Crippen molar-refractivity contribution in [2.45, 2.75) is 0 Å². The molecule has 0 fully saturated rings. The van der Waals surface area contributed by atoms with Crippen LogP contribution in [0.2, 0.25) is 5.02 Å². The van der Waals surface area contributed by atoms with Crippen molar-refractivity contribution in [3.05, 3.63) is 53.4 Å². The zero-order chi connectivity index (χ0) is 10.7. The number of rotatable bonds is 2. The highest BCUT2D eigenvalue weighted by molar-refractivity contribution is 6.30. The minimum atomic E-state index is -0.350. The predicted octanol–water partition coefficient (Wildman–Crippen LogP) is 3.62. The summed E-state index contributed by atoms with van der Waals surface area (Å²) in [6, 6.07) is 10.1. The van der Waals surface area contributed by atoms with Gasteiger partial charge >= 0.3 is 0 Å². The molecule has 0 saturated heterocycles. The van der Waals surface area contributed by atoms with Gasteiger partial charge in [-0.3, -0.25) is 0 Å². The number of benzene rings is 1. The maximum atomic E-state index is 12.6. The summed E-state index contributed by atoms with van der Waals surface area (Å²) in [4.78, 5) is 3.88. The van der Waals surface area contributed by atoms with Crippen LogP contribution in [0, 0.1) is 5.82 Å². The minimum Gasteiger partial charge on any atom is -0.340 e. The fraction of sp³-hybridized carbons (Fsp3) is 0. The van der Waals surface area contributed by atoms with E-state index in [-0.39, 0.29) is 5.82 Å². The zero-order valence-electron chi connectivity index (χ0n) is 7.74. The summed E-state index contributed by atoms with van der Waals surface area (Å²) >= 11 is 5.74. The van der Waals surface area contributed by atoms with Gasteiger partial charge < -0.3 is 5.32 Å². The van der Waals surface area contributed by atoms with Crippen molar-refractivity contribution >= 4 is 23.1 Å². The maximum absolute atomic E-state index is 12.6. The highest BCUT2D eigenvalue weighted by Gasteiger charge is 1.96. The van der Waals surface area contributed by atoms with E-state index in [1.165, 1.54) is 6.07 Å². The molecule has 2 aromatic rings. The Labute approximate surface area is 91.7 Å². The van der Waals surface area contributed by atoms with Crippen molar-refractivity contribution in [1.29, 1.82) is 0 Å². The first kappa shape index (κ1) is 9.93. The van der Waals surface area contributed by atoms with Gasteiger partial charge in [0.15, 0.2) is 0 Å². The Bertz CT molecular complexity index is 396. The average Bonchev–Trinajstić information content (AvgIpc) is 2.25. The lowest BCUT2D eigenvalue weighted by Gasteiger charge is -2.04. The Morgan fingerprint density at radius 1 is 1.07 bits per heavy atom. The number of anilines is 2. The smallest absolute Gasteiger partial charge is 0.141 e. The summed E-state index contributed by atoms with van der Waals surface area (Å²) in [6.45, 7) is 0. The monoisotopic (exact) mass is 222 g/mol. The molecule has 0 aliphatic heterocycles. The largest absolute Gasteiger partial charge is 0.340 e. The van der Waals surface area contributed by atoms with E-state index in [0.717, 1.165) is 11.9 Å². The van der Waals surface area contributed by atoms with Gasteiger partial charge in [0.2, 0.25) is 0 Å². The van der Waals surface area contributed by atoms with E-state index in [1.807, 2.05) is 12.1 Å². The number of nitrogens with zero attached hydrogens (tertiary/aromatic N) is 1. The van der Waals surface area contributed by atoms with E-state index in [4.69, 9.17) is 11.6 Å². The first-order valence-electron chi connectivity index (χ1n) is 4.38. The topological polar surface area (TPSA) is 24.9 Å². The molecular formula is C11H8ClFN2. The van der Waals surface area contributed by atoms with Crippen LogP contribution in [0.5, 0.6) is 0 Å². The first-order chi connectivity index (χ1) is 7.24. The molecule has 1 aromatic carbocycles.